The van der Waals surface area contributed by atoms with Crippen LogP contribution in [0.1, 0.15) is 64.2 Å². The van der Waals surface area contributed by atoms with Crippen LogP contribution < -0.4 is 15.9 Å². The van der Waals surface area contributed by atoms with Crippen LogP contribution in [0.5, 0.6) is 0 Å². The van der Waals surface area contributed by atoms with Gasteiger partial charge in [-0.3, -0.25) is 0 Å². The van der Waals surface area contributed by atoms with E-state index in [-0.39, 0.29) is 6.61 Å². The van der Waals surface area contributed by atoms with E-state index < -0.39 is 7.26 Å². The van der Waals surface area contributed by atoms with Crippen molar-refractivity contribution in [3.05, 3.63) is 91.0 Å². The maximum absolute atomic E-state index is 8.79. The molecule has 0 spiro atoms. The van der Waals surface area contributed by atoms with Crippen molar-refractivity contribution < 1.29 is 9.84 Å². The van der Waals surface area contributed by atoms with E-state index in [4.69, 9.17) is 9.84 Å². The van der Waals surface area contributed by atoms with Gasteiger partial charge in [0.15, 0.2) is 0 Å². The van der Waals surface area contributed by atoms with Crippen molar-refractivity contribution in [2.45, 2.75) is 64.2 Å². The van der Waals surface area contributed by atoms with E-state index in [9.17, 15) is 0 Å². The van der Waals surface area contributed by atoms with Crippen molar-refractivity contribution >= 4 is 23.2 Å². The van der Waals surface area contributed by atoms with Crippen molar-refractivity contribution in [3.8, 4) is 0 Å². The summed E-state index contributed by atoms with van der Waals surface area (Å²) in [6.07, 6.45) is 13.4. The van der Waals surface area contributed by atoms with Crippen LogP contribution in [0.4, 0.5) is 0 Å². The Labute approximate surface area is 214 Å². The van der Waals surface area contributed by atoms with E-state index in [1.807, 2.05) is 0 Å². The molecular formula is C32H45O2P. The predicted octanol–water partition coefficient (Wildman–Crippen LogP) is 6.62. The van der Waals surface area contributed by atoms with Gasteiger partial charge in [-0.1, -0.05) is 0 Å². The molecule has 3 rings (SSSR count). The van der Waals surface area contributed by atoms with E-state index in [0.717, 1.165) is 26.1 Å². The second-order valence-corrected chi connectivity index (χ2v) is 13.7. The third-order valence-electron chi connectivity index (χ3n) is 7.09. The number of aliphatic hydroxyl groups is 1. The van der Waals surface area contributed by atoms with Crippen LogP contribution in [0.25, 0.3) is 0 Å². The molecule has 3 aromatic rings. The summed E-state index contributed by atoms with van der Waals surface area (Å²) in [5.41, 5.74) is 0. The Hall–Kier alpha value is -1.99. The zero-order valence-electron chi connectivity index (χ0n) is 21.4. The van der Waals surface area contributed by atoms with Crippen molar-refractivity contribution in [2.24, 2.45) is 0 Å². The molecule has 3 heteroatoms. The van der Waals surface area contributed by atoms with Gasteiger partial charge in [-0.2, -0.15) is 0 Å². The maximum atomic E-state index is 8.79. The molecule has 0 atom stereocenters. The predicted molar refractivity (Wildman–Crippen MR) is 155 cm³/mol. The first-order valence-electron chi connectivity index (χ1n) is 13.7. The van der Waals surface area contributed by atoms with Crippen LogP contribution in [-0.4, -0.2) is 31.1 Å². The van der Waals surface area contributed by atoms with E-state index in [0.29, 0.717) is 0 Å². The van der Waals surface area contributed by atoms with Gasteiger partial charge in [-0.25, -0.2) is 0 Å². The van der Waals surface area contributed by atoms with Gasteiger partial charge in [0.1, 0.15) is 0 Å². The number of hydrogen-bond acceptors (Lipinski definition) is 2. The Kier molecular flexibility index (Phi) is 13.1. The minimum atomic E-state index is -2.05. The van der Waals surface area contributed by atoms with Gasteiger partial charge >= 0.3 is 190 Å². The number of ether oxygens (including phenoxy) is 1. The summed E-state index contributed by atoms with van der Waals surface area (Å²) >= 11 is 0. The molecule has 0 fully saturated rings. The molecule has 35 heavy (non-hydrogen) atoms. The molecule has 1 N–H and O–H groups in total. The van der Waals surface area contributed by atoms with E-state index in [2.05, 4.69) is 91.0 Å². The van der Waals surface area contributed by atoms with Gasteiger partial charge in [0.2, 0.25) is 0 Å². The van der Waals surface area contributed by atoms with Crippen molar-refractivity contribution in [1.29, 1.82) is 0 Å². The molecule has 190 valence electrons. The average molecular weight is 493 g/mol. The van der Waals surface area contributed by atoms with Crippen LogP contribution in [-0.2, 0) is 4.74 Å². The number of benzene rings is 3. The fraction of sp³-hybridized carbons (Fsp3) is 0.438. The summed E-state index contributed by atoms with van der Waals surface area (Å²) in [5.74, 6) is 0. The monoisotopic (exact) mass is 492 g/mol. The summed E-state index contributed by atoms with van der Waals surface area (Å²) in [7, 11) is -2.05. The van der Waals surface area contributed by atoms with Gasteiger partial charge in [0.05, 0.1) is 0 Å². The van der Waals surface area contributed by atoms with E-state index >= 15 is 0 Å². The molecule has 3 aromatic carbocycles. The second kappa shape index (κ2) is 16.6. The van der Waals surface area contributed by atoms with Gasteiger partial charge in [-0.05, 0) is 12.8 Å². The van der Waals surface area contributed by atoms with Gasteiger partial charge in [-0.15, -0.1) is 0 Å². The molecule has 2 nitrogen and oxygen atoms in total. The Balaban J connectivity index is 1.49. The van der Waals surface area contributed by atoms with Crippen LogP contribution in [0.2, 0.25) is 0 Å². The van der Waals surface area contributed by atoms with Gasteiger partial charge < -0.3 is 5.11 Å². The zero-order valence-corrected chi connectivity index (χ0v) is 22.4. The third-order valence-corrected chi connectivity index (χ3v) is 12.1. The number of aliphatic hydroxyl groups excluding tert-OH is 1. The Morgan fingerprint density at radius 2 is 0.829 bits per heavy atom. The van der Waals surface area contributed by atoms with Crippen LogP contribution in [0.3, 0.4) is 0 Å². The summed E-state index contributed by atoms with van der Waals surface area (Å²) in [4.78, 5) is 0. The molecule has 0 amide bonds. The number of hydrogen-bond donors (Lipinski definition) is 1. The summed E-state index contributed by atoms with van der Waals surface area (Å²) in [6.45, 7) is 1.94. The van der Waals surface area contributed by atoms with Crippen LogP contribution in [0.15, 0.2) is 91.0 Å². The molecule has 0 aliphatic heterocycles. The SMILES string of the molecule is OCCCCOCCCCCCCCCC[PH](c1ccccc1)(c1ccccc1)c1ccccc1. The molecule has 0 aliphatic rings. The molecule has 0 unspecified atom stereocenters. The Bertz CT molecular complexity index is 802. The third kappa shape index (κ3) is 8.87. The van der Waals surface area contributed by atoms with Gasteiger partial charge in [0.25, 0.3) is 0 Å². The van der Waals surface area contributed by atoms with E-state index in [1.54, 1.807) is 0 Å². The normalized spacial score (nSPS) is 12.0. The topological polar surface area (TPSA) is 29.5 Å². The van der Waals surface area contributed by atoms with Gasteiger partial charge in [0, 0.05) is 6.61 Å². The molecule has 0 radical (unpaired) electrons. The average Bonchev–Trinajstić information content (AvgIpc) is 2.93. The quantitative estimate of drug-likeness (QED) is 0.160. The zero-order chi connectivity index (χ0) is 24.4. The molecule has 0 aliphatic carbocycles. The first-order chi connectivity index (χ1) is 17.4. The Morgan fingerprint density at radius 1 is 0.457 bits per heavy atom. The molecule has 0 aromatic heterocycles. The first kappa shape index (κ1) is 27.6. The van der Waals surface area contributed by atoms with Crippen molar-refractivity contribution in [2.75, 3.05) is 26.0 Å². The number of rotatable bonds is 18. The van der Waals surface area contributed by atoms with Crippen LogP contribution >= 0.6 is 7.26 Å². The Morgan fingerprint density at radius 3 is 1.26 bits per heavy atom. The summed E-state index contributed by atoms with van der Waals surface area (Å²) in [5, 5.41) is 13.4. The molecular weight excluding hydrogens is 447 g/mol. The second-order valence-electron chi connectivity index (χ2n) is 9.62. The molecule has 0 heterocycles. The fourth-order valence-electron chi connectivity index (χ4n) is 5.17. The molecule has 0 saturated carbocycles. The first-order valence-corrected chi connectivity index (χ1v) is 15.9. The number of unbranched alkanes of at least 4 members (excludes halogenated alkanes) is 8. The van der Waals surface area contributed by atoms with Crippen molar-refractivity contribution in [3.63, 3.8) is 0 Å². The summed E-state index contributed by atoms with van der Waals surface area (Å²) < 4.78 is 5.63. The van der Waals surface area contributed by atoms with Crippen molar-refractivity contribution in [1.82, 2.24) is 0 Å². The van der Waals surface area contributed by atoms with E-state index in [1.165, 1.54) is 73.4 Å². The molecule has 0 saturated heterocycles. The standard InChI is InChI=1S/C32H45O2P/c33-26-16-18-28-34-27-17-5-3-1-2-4-6-19-29-35(30-20-10-7-11-21-30,31-22-12-8-13-23-31)32-24-14-9-15-25-32/h7-15,20-25,33,35H,1-6,16-19,26-29H2. The summed E-state index contributed by atoms with van der Waals surface area (Å²) in [6, 6.07) is 33.9. The van der Waals surface area contributed by atoms with Crippen LogP contribution in [0, 0.1) is 0 Å². The fourth-order valence-corrected chi connectivity index (χ4v) is 10.1. The molecule has 0 bridgehead atoms. The minimum absolute atomic E-state index is 0.275.